The zero-order valence-corrected chi connectivity index (χ0v) is 23.7. The summed E-state index contributed by atoms with van der Waals surface area (Å²) >= 11 is 0. The molecular formula is C24H50N12O5. The quantitative estimate of drug-likeness (QED) is 0.0312. The van der Waals surface area contributed by atoms with Crippen molar-refractivity contribution in [2.24, 2.45) is 50.1 Å². The maximum atomic E-state index is 13.3. The zero-order chi connectivity index (χ0) is 31.2. The SMILES string of the molecule is NCCCCC(NC(=O)C(N)CCCN=C(N)N)C(=O)NC(CCCCN)C(=O)NC(CCCN=C(N)N)C(=O)O. The molecule has 236 valence electrons. The highest BCUT2D eigenvalue weighted by atomic mass is 16.4. The number of aliphatic imine (C=N–C) groups is 2. The smallest absolute Gasteiger partial charge is 0.326 e. The number of nitrogens with zero attached hydrogens (tertiary/aromatic N) is 2. The summed E-state index contributed by atoms with van der Waals surface area (Å²) in [5, 5.41) is 17.4. The number of unbranched alkanes of at least 4 members (excludes halogenated alkanes) is 2. The van der Waals surface area contributed by atoms with Gasteiger partial charge in [0.05, 0.1) is 6.04 Å². The van der Waals surface area contributed by atoms with Gasteiger partial charge in [-0.3, -0.25) is 24.4 Å². The monoisotopic (exact) mass is 586 g/mol. The van der Waals surface area contributed by atoms with E-state index >= 15 is 0 Å². The summed E-state index contributed by atoms with van der Waals surface area (Å²) in [6, 6.07) is -4.18. The molecule has 0 saturated carbocycles. The van der Waals surface area contributed by atoms with Crippen LogP contribution in [0.1, 0.15) is 64.2 Å². The molecule has 17 heteroatoms. The van der Waals surface area contributed by atoms with Crippen LogP contribution in [0, 0.1) is 0 Å². The third-order valence-corrected chi connectivity index (χ3v) is 6.02. The lowest BCUT2D eigenvalue weighted by atomic mass is 10.0. The molecule has 4 atom stereocenters. The number of carbonyl (C=O) groups is 4. The first-order valence-electron chi connectivity index (χ1n) is 13.8. The summed E-state index contributed by atoms with van der Waals surface area (Å²) in [5.74, 6) is -3.24. The molecule has 41 heavy (non-hydrogen) atoms. The standard InChI is InChI=1S/C24H50N12O5/c25-11-3-1-8-16(34-19(37)15(27)7-5-13-32-23(28)29)20(38)35-17(9-2-4-12-26)21(39)36-18(22(40)41)10-6-14-33-24(30)31/h15-18H,1-14,25-27H2,(H,34,37)(H,35,38)(H,36,39)(H,40,41)(H4,28,29,32)(H4,30,31,33). The van der Waals surface area contributed by atoms with E-state index in [4.69, 9.17) is 40.1 Å². The molecule has 0 aromatic heterocycles. The van der Waals surface area contributed by atoms with Gasteiger partial charge in [0.15, 0.2) is 11.9 Å². The number of rotatable bonds is 23. The Hall–Kier alpha value is -3.70. The molecule has 0 aromatic carbocycles. The van der Waals surface area contributed by atoms with Crippen molar-refractivity contribution in [2.45, 2.75) is 88.4 Å². The number of nitrogens with two attached hydrogens (primary N) is 7. The van der Waals surface area contributed by atoms with Gasteiger partial charge in [-0.2, -0.15) is 0 Å². The van der Waals surface area contributed by atoms with Gasteiger partial charge < -0.3 is 61.2 Å². The molecule has 4 unspecified atom stereocenters. The topological polar surface area (TPSA) is 331 Å². The first-order chi connectivity index (χ1) is 19.4. The first-order valence-corrected chi connectivity index (χ1v) is 13.8. The van der Waals surface area contributed by atoms with Gasteiger partial charge in [0.2, 0.25) is 17.7 Å². The van der Waals surface area contributed by atoms with Crippen molar-refractivity contribution >= 4 is 35.6 Å². The van der Waals surface area contributed by atoms with Gasteiger partial charge in [0.25, 0.3) is 0 Å². The number of hydrogen-bond donors (Lipinski definition) is 11. The molecule has 0 bridgehead atoms. The average Bonchev–Trinajstić information content (AvgIpc) is 2.90. The van der Waals surface area contributed by atoms with Crippen LogP contribution in [0.5, 0.6) is 0 Å². The fraction of sp³-hybridized carbons (Fsp3) is 0.750. The van der Waals surface area contributed by atoms with Crippen LogP contribution >= 0.6 is 0 Å². The molecule has 18 N–H and O–H groups in total. The summed E-state index contributed by atoms with van der Waals surface area (Å²) in [5.41, 5.74) is 38.3. The minimum Gasteiger partial charge on any atom is -0.480 e. The van der Waals surface area contributed by atoms with Crippen molar-refractivity contribution in [1.82, 2.24) is 16.0 Å². The number of nitrogens with one attached hydrogen (secondary N) is 3. The average molecular weight is 587 g/mol. The van der Waals surface area contributed by atoms with E-state index in [0.717, 1.165) is 0 Å². The first kappa shape index (κ1) is 37.3. The predicted octanol–water partition coefficient (Wildman–Crippen LogP) is -3.78. The summed E-state index contributed by atoms with van der Waals surface area (Å²) in [6.07, 6.45) is 3.83. The number of guanidine groups is 2. The molecular weight excluding hydrogens is 536 g/mol. The molecule has 0 aliphatic rings. The minimum atomic E-state index is -1.24. The van der Waals surface area contributed by atoms with Gasteiger partial charge in [0, 0.05) is 13.1 Å². The maximum absolute atomic E-state index is 13.3. The predicted molar refractivity (Wildman–Crippen MR) is 157 cm³/mol. The zero-order valence-electron chi connectivity index (χ0n) is 23.7. The Morgan fingerprint density at radius 2 is 0.976 bits per heavy atom. The van der Waals surface area contributed by atoms with E-state index in [1.807, 2.05) is 0 Å². The summed E-state index contributed by atoms with van der Waals surface area (Å²) in [4.78, 5) is 58.5. The van der Waals surface area contributed by atoms with E-state index in [-0.39, 0.29) is 44.1 Å². The van der Waals surface area contributed by atoms with E-state index in [1.165, 1.54) is 0 Å². The molecule has 0 aliphatic heterocycles. The lowest BCUT2D eigenvalue weighted by Crippen LogP contribution is -2.57. The van der Waals surface area contributed by atoms with Crippen LogP contribution < -0.4 is 56.1 Å². The Labute approximate surface area is 240 Å². The maximum Gasteiger partial charge on any atom is 0.326 e. The summed E-state index contributed by atoms with van der Waals surface area (Å²) in [6.45, 7) is 1.27. The molecule has 17 nitrogen and oxygen atoms in total. The highest BCUT2D eigenvalue weighted by Crippen LogP contribution is 2.08. The van der Waals surface area contributed by atoms with Gasteiger partial charge >= 0.3 is 5.97 Å². The van der Waals surface area contributed by atoms with Crippen molar-refractivity contribution in [3.8, 4) is 0 Å². The highest BCUT2D eigenvalue weighted by molar-refractivity contribution is 5.94. The van der Waals surface area contributed by atoms with Crippen LogP contribution in [0.2, 0.25) is 0 Å². The third kappa shape index (κ3) is 18.3. The minimum absolute atomic E-state index is 0.0645. The Morgan fingerprint density at radius 3 is 1.39 bits per heavy atom. The van der Waals surface area contributed by atoms with E-state index in [1.54, 1.807) is 0 Å². The number of carboxylic acids is 1. The third-order valence-electron chi connectivity index (χ3n) is 6.02. The highest BCUT2D eigenvalue weighted by Gasteiger charge is 2.30. The molecule has 0 aliphatic carbocycles. The van der Waals surface area contributed by atoms with Crippen LogP contribution in [-0.2, 0) is 19.2 Å². The van der Waals surface area contributed by atoms with Crippen LogP contribution in [-0.4, -0.2) is 91.1 Å². The number of aliphatic carboxylic acids is 1. The fourth-order valence-corrected chi connectivity index (χ4v) is 3.76. The van der Waals surface area contributed by atoms with Gasteiger partial charge in [0.1, 0.15) is 18.1 Å². The van der Waals surface area contributed by atoms with Crippen LogP contribution in [0.25, 0.3) is 0 Å². The van der Waals surface area contributed by atoms with E-state index in [2.05, 4.69) is 25.9 Å². The largest absolute Gasteiger partial charge is 0.480 e. The Bertz CT molecular complexity index is 862. The normalized spacial score (nSPS) is 13.6. The number of hydrogen-bond acceptors (Lipinski definition) is 9. The Morgan fingerprint density at radius 1 is 0.585 bits per heavy atom. The van der Waals surface area contributed by atoms with Gasteiger partial charge in [-0.05, 0) is 77.3 Å². The van der Waals surface area contributed by atoms with Crippen molar-refractivity contribution in [1.29, 1.82) is 0 Å². The van der Waals surface area contributed by atoms with Crippen LogP contribution in [0.4, 0.5) is 0 Å². The molecule has 0 saturated heterocycles. The number of carboxylic acid groups (broad SMARTS) is 1. The number of carbonyl (C=O) groups excluding carboxylic acids is 3. The molecule has 0 radical (unpaired) electrons. The van der Waals surface area contributed by atoms with Gasteiger partial charge in [-0.15, -0.1) is 0 Å². The molecule has 0 rings (SSSR count). The van der Waals surface area contributed by atoms with E-state index < -0.39 is 47.9 Å². The molecule has 0 aromatic rings. The lowest BCUT2D eigenvalue weighted by molar-refractivity contribution is -0.142. The second-order valence-corrected chi connectivity index (χ2v) is 9.59. The summed E-state index contributed by atoms with van der Waals surface area (Å²) in [7, 11) is 0. The molecule has 0 fully saturated rings. The Kier molecular flexibility index (Phi) is 20.1. The second kappa shape index (κ2) is 22.0. The second-order valence-electron chi connectivity index (χ2n) is 9.59. The van der Waals surface area contributed by atoms with Crippen molar-refractivity contribution in [3.63, 3.8) is 0 Å². The number of amides is 3. The molecule has 3 amide bonds. The molecule has 0 heterocycles. The molecule has 0 spiro atoms. The summed E-state index contributed by atoms with van der Waals surface area (Å²) < 4.78 is 0. The van der Waals surface area contributed by atoms with Gasteiger partial charge in [-0.1, -0.05) is 0 Å². The lowest BCUT2D eigenvalue weighted by Gasteiger charge is -2.25. The van der Waals surface area contributed by atoms with Crippen LogP contribution in [0.3, 0.4) is 0 Å². The van der Waals surface area contributed by atoms with Gasteiger partial charge in [-0.25, -0.2) is 4.79 Å². The van der Waals surface area contributed by atoms with Crippen molar-refractivity contribution < 1.29 is 24.3 Å². The van der Waals surface area contributed by atoms with E-state index in [9.17, 15) is 24.3 Å². The fourth-order valence-electron chi connectivity index (χ4n) is 3.76. The van der Waals surface area contributed by atoms with Crippen molar-refractivity contribution in [3.05, 3.63) is 0 Å². The van der Waals surface area contributed by atoms with Crippen LogP contribution in [0.15, 0.2) is 9.98 Å². The van der Waals surface area contributed by atoms with Crippen molar-refractivity contribution in [2.75, 3.05) is 26.2 Å². The van der Waals surface area contributed by atoms with E-state index in [0.29, 0.717) is 58.2 Å². The Balaban J connectivity index is 5.49.